The van der Waals surface area contributed by atoms with Crippen LogP contribution in [-0.2, 0) is 13.1 Å². The second-order valence-electron chi connectivity index (χ2n) is 5.71. The molecule has 2 heterocycles. The molecule has 2 fully saturated rings. The molecule has 1 saturated heterocycles. The minimum absolute atomic E-state index is 0.769. The maximum absolute atomic E-state index is 5.68. The van der Waals surface area contributed by atoms with E-state index in [0.717, 1.165) is 19.1 Å². The summed E-state index contributed by atoms with van der Waals surface area (Å²) in [6.07, 6.45) is 10.0. The fraction of sp³-hybridized carbons (Fsp3) is 0.733. The topological polar surface area (TPSA) is 28.4 Å². The van der Waals surface area contributed by atoms with Gasteiger partial charge in [0.05, 0.1) is 12.8 Å². The van der Waals surface area contributed by atoms with Gasteiger partial charge in [-0.15, -0.1) is 0 Å². The predicted molar refractivity (Wildman–Crippen MR) is 72.3 cm³/mol. The molecule has 1 saturated carbocycles. The summed E-state index contributed by atoms with van der Waals surface area (Å²) in [6, 6.07) is 2.90. The Morgan fingerprint density at radius 1 is 1.17 bits per heavy atom. The molecule has 0 bridgehead atoms. The number of rotatable bonds is 5. The SMILES string of the molecule is c1cc(CNC2CC2)c(CN2CCCCCC2)o1. The molecule has 3 rings (SSSR count). The van der Waals surface area contributed by atoms with E-state index < -0.39 is 0 Å². The van der Waals surface area contributed by atoms with Crippen molar-refractivity contribution in [2.24, 2.45) is 0 Å². The van der Waals surface area contributed by atoms with Crippen LogP contribution in [0, 0.1) is 0 Å². The first kappa shape index (κ1) is 12.2. The average molecular weight is 248 g/mol. The molecule has 0 amide bonds. The Hall–Kier alpha value is -0.800. The summed E-state index contributed by atoms with van der Waals surface area (Å²) < 4.78 is 5.68. The maximum atomic E-state index is 5.68. The Bertz CT molecular complexity index is 362. The van der Waals surface area contributed by atoms with E-state index in [0.29, 0.717) is 0 Å². The summed E-state index contributed by atoms with van der Waals surface area (Å²) >= 11 is 0. The number of nitrogens with zero attached hydrogens (tertiary/aromatic N) is 1. The van der Waals surface area contributed by atoms with Crippen molar-refractivity contribution < 1.29 is 4.42 Å². The van der Waals surface area contributed by atoms with E-state index in [2.05, 4.69) is 16.3 Å². The second-order valence-corrected chi connectivity index (χ2v) is 5.71. The van der Waals surface area contributed by atoms with Crippen molar-refractivity contribution in [2.75, 3.05) is 13.1 Å². The Balaban J connectivity index is 1.55. The Kier molecular flexibility index (Phi) is 4.01. The number of nitrogens with one attached hydrogen (secondary N) is 1. The van der Waals surface area contributed by atoms with Crippen molar-refractivity contribution >= 4 is 0 Å². The van der Waals surface area contributed by atoms with Crippen molar-refractivity contribution in [1.82, 2.24) is 10.2 Å². The van der Waals surface area contributed by atoms with Gasteiger partial charge in [0, 0.05) is 18.2 Å². The van der Waals surface area contributed by atoms with Crippen molar-refractivity contribution in [1.29, 1.82) is 0 Å². The van der Waals surface area contributed by atoms with E-state index in [1.165, 1.54) is 62.9 Å². The van der Waals surface area contributed by atoms with Crippen LogP contribution in [0.5, 0.6) is 0 Å². The van der Waals surface area contributed by atoms with Crippen molar-refractivity contribution in [3.8, 4) is 0 Å². The Morgan fingerprint density at radius 3 is 2.67 bits per heavy atom. The molecular weight excluding hydrogens is 224 g/mol. The van der Waals surface area contributed by atoms with E-state index in [4.69, 9.17) is 4.42 Å². The second kappa shape index (κ2) is 5.89. The molecule has 0 unspecified atom stereocenters. The largest absolute Gasteiger partial charge is 0.468 e. The summed E-state index contributed by atoms with van der Waals surface area (Å²) in [5.41, 5.74) is 1.35. The summed E-state index contributed by atoms with van der Waals surface area (Å²) in [4.78, 5) is 2.55. The highest BCUT2D eigenvalue weighted by molar-refractivity contribution is 5.17. The fourth-order valence-corrected chi connectivity index (χ4v) is 2.70. The minimum atomic E-state index is 0.769. The van der Waals surface area contributed by atoms with Gasteiger partial charge >= 0.3 is 0 Å². The fourth-order valence-electron chi connectivity index (χ4n) is 2.70. The lowest BCUT2D eigenvalue weighted by molar-refractivity contribution is 0.251. The first-order valence-corrected chi connectivity index (χ1v) is 7.43. The third kappa shape index (κ3) is 3.36. The smallest absolute Gasteiger partial charge is 0.122 e. The maximum Gasteiger partial charge on any atom is 0.122 e. The average Bonchev–Trinajstić information content (AvgIpc) is 3.14. The van der Waals surface area contributed by atoms with E-state index in [9.17, 15) is 0 Å². The van der Waals surface area contributed by atoms with E-state index >= 15 is 0 Å². The summed E-state index contributed by atoms with van der Waals surface area (Å²) in [5, 5.41) is 3.57. The van der Waals surface area contributed by atoms with Gasteiger partial charge in [0.15, 0.2) is 0 Å². The Morgan fingerprint density at radius 2 is 1.94 bits per heavy atom. The van der Waals surface area contributed by atoms with Gasteiger partial charge in [-0.3, -0.25) is 4.90 Å². The van der Waals surface area contributed by atoms with Crippen LogP contribution in [0.4, 0.5) is 0 Å². The number of hydrogen-bond donors (Lipinski definition) is 1. The lowest BCUT2D eigenvalue weighted by atomic mass is 10.2. The standard InChI is InChI=1S/C15H24N2O/c1-2-4-9-17(8-3-1)12-15-13(7-10-18-15)11-16-14-5-6-14/h7,10,14,16H,1-6,8-9,11-12H2. The van der Waals surface area contributed by atoms with Gasteiger partial charge < -0.3 is 9.73 Å². The van der Waals surface area contributed by atoms with Crippen LogP contribution in [0.2, 0.25) is 0 Å². The summed E-state index contributed by atoms with van der Waals surface area (Å²) in [7, 11) is 0. The normalized spacial score (nSPS) is 22.0. The van der Waals surface area contributed by atoms with Crippen molar-refractivity contribution in [3.63, 3.8) is 0 Å². The Labute approximate surface area is 110 Å². The predicted octanol–water partition coefficient (Wildman–Crippen LogP) is 2.91. The van der Waals surface area contributed by atoms with Crippen LogP contribution in [0.1, 0.15) is 49.8 Å². The van der Waals surface area contributed by atoms with Crippen LogP contribution in [-0.4, -0.2) is 24.0 Å². The van der Waals surface area contributed by atoms with Crippen molar-refractivity contribution in [3.05, 3.63) is 23.7 Å². The lowest BCUT2D eigenvalue weighted by Crippen LogP contribution is -2.25. The van der Waals surface area contributed by atoms with Crippen molar-refractivity contribution in [2.45, 2.75) is 57.7 Å². The van der Waals surface area contributed by atoms with Gasteiger partial charge in [0.25, 0.3) is 0 Å². The number of likely N-dealkylation sites (tertiary alicyclic amines) is 1. The van der Waals surface area contributed by atoms with Gasteiger partial charge in [-0.25, -0.2) is 0 Å². The van der Waals surface area contributed by atoms with Gasteiger partial charge in [-0.1, -0.05) is 12.8 Å². The molecule has 1 aliphatic heterocycles. The molecule has 3 nitrogen and oxygen atoms in total. The molecule has 1 aromatic rings. The van der Waals surface area contributed by atoms with E-state index in [1.807, 2.05) is 6.26 Å². The van der Waals surface area contributed by atoms with Crippen LogP contribution >= 0.6 is 0 Å². The molecular formula is C15H24N2O. The first-order chi connectivity index (χ1) is 8.92. The third-order valence-electron chi connectivity index (χ3n) is 4.06. The summed E-state index contributed by atoms with van der Waals surface area (Å²) in [5.74, 6) is 1.17. The number of furan rings is 1. The van der Waals surface area contributed by atoms with Gasteiger partial charge in [-0.05, 0) is 44.8 Å². The van der Waals surface area contributed by atoms with Crippen LogP contribution in [0.15, 0.2) is 16.7 Å². The first-order valence-electron chi connectivity index (χ1n) is 7.43. The molecule has 3 heteroatoms. The third-order valence-corrected chi connectivity index (χ3v) is 4.06. The molecule has 1 aliphatic carbocycles. The molecule has 100 valence electrons. The molecule has 1 N–H and O–H groups in total. The molecule has 0 radical (unpaired) electrons. The molecule has 2 aliphatic rings. The molecule has 18 heavy (non-hydrogen) atoms. The summed E-state index contributed by atoms with van der Waals surface area (Å²) in [6.45, 7) is 4.44. The highest BCUT2D eigenvalue weighted by Crippen LogP contribution is 2.21. The quantitative estimate of drug-likeness (QED) is 0.868. The lowest BCUT2D eigenvalue weighted by Gasteiger charge is -2.19. The zero-order valence-electron chi connectivity index (χ0n) is 11.2. The molecule has 0 spiro atoms. The molecule has 0 atom stereocenters. The van der Waals surface area contributed by atoms with Gasteiger partial charge in [-0.2, -0.15) is 0 Å². The monoisotopic (exact) mass is 248 g/mol. The van der Waals surface area contributed by atoms with Crippen LogP contribution < -0.4 is 5.32 Å². The molecule has 1 aromatic heterocycles. The minimum Gasteiger partial charge on any atom is -0.468 e. The zero-order chi connectivity index (χ0) is 12.2. The van der Waals surface area contributed by atoms with Crippen LogP contribution in [0.3, 0.4) is 0 Å². The van der Waals surface area contributed by atoms with Gasteiger partial charge in [0.2, 0.25) is 0 Å². The van der Waals surface area contributed by atoms with Crippen LogP contribution in [0.25, 0.3) is 0 Å². The zero-order valence-corrected chi connectivity index (χ0v) is 11.2. The highest BCUT2D eigenvalue weighted by Gasteiger charge is 2.21. The highest BCUT2D eigenvalue weighted by atomic mass is 16.3. The number of hydrogen-bond acceptors (Lipinski definition) is 3. The van der Waals surface area contributed by atoms with E-state index in [-0.39, 0.29) is 0 Å². The van der Waals surface area contributed by atoms with Gasteiger partial charge in [0.1, 0.15) is 5.76 Å². The molecule has 0 aromatic carbocycles. The van der Waals surface area contributed by atoms with E-state index in [1.54, 1.807) is 0 Å².